The summed E-state index contributed by atoms with van der Waals surface area (Å²) in [5.74, 6) is -0.433. The monoisotopic (exact) mass is 327 g/mol. The Kier molecular flexibility index (Phi) is 4.92. The number of carbonyl (C=O) groups excluding carboxylic acids is 1. The molecule has 0 radical (unpaired) electrons. The molecule has 0 aliphatic rings. The van der Waals surface area contributed by atoms with Crippen molar-refractivity contribution in [2.24, 2.45) is 0 Å². The second kappa shape index (κ2) is 5.83. The van der Waals surface area contributed by atoms with E-state index < -0.39 is 18.5 Å². The Hall–Kier alpha value is -0.890. The van der Waals surface area contributed by atoms with Crippen LogP contribution in [-0.4, -0.2) is 34.8 Å². The van der Waals surface area contributed by atoms with Crippen LogP contribution < -0.4 is 5.32 Å². The molecular formula is C10H13BrF3N3O. The molecule has 1 heterocycles. The van der Waals surface area contributed by atoms with Crippen molar-refractivity contribution in [1.82, 2.24) is 15.1 Å². The van der Waals surface area contributed by atoms with Crippen LogP contribution in [0.3, 0.4) is 0 Å². The van der Waals surface area contributed by atoms with Gasteiger partial charge in [0.05, 0.1) is 23.8 Å². The summed E-state index contributed by atoms with van der Waals surface area (Å²) in [7, 11) is 0. The fourth-order valence-corrected chi connectivity index (χ4v) is 1.89. The fraction of sp³-hybridized carbons (Fsp3) is 0.600. The zero-order chi connectivity index (χ0) is 13.9. The number of hydrogen-bond donors (Lipinski definition) is 1. The SMILES string of the molecule is CC(C)n1ncc(Br)c1C(=O)CNCC(F)(F)F. The van der Waals surface area contributed by atoms with Crippen molar-refractivity contribution in [3.8, 4) is 0 Å². The lowest BCUT2D eigenvalue weighted by Gasteiger charge is -2.11. The number of halogens is 4. The molecule has 0 unspecified atom stereocenters. The molecule has 0 saturated heterocycles. The summed E-state index contributed by atoms with van der Waals surface area (Å²) in [6.45, 7) is 2.10. The zero-order valence-corrected chi connectivity index (χ0v) is 11.5. The van der Waals surface area contributed by atoms with E-state index in [4.69, 9.17) is 0 Å². The second-order valence-corrected chi connectivity index (χ2v) is 4.88. The molecule has 18 heavy (non-hydrogen) atoms. The smallest absolute Gasteiger partial charge is 0.301 e. The lowest BCUT2D eigenvalue weighted by molar-refractivity contribution is -0.124. The zero-order valence-electron chi connectivity index (χ0n) is 9.88. The Morgan fingerprint density at radius 3 is 2.67 bits per heavy atom. The molecule has 1 aromatic rings. The van der Waals surface area contributed by atoms with Crippen LogP contribution >= 0.6 is 15.9 Å². The van der Waals surface area contributed by atoms with E-state index in [1.807, 2.05) is 13.8 Å². The first-order valence-corrected chi connectivity index (χ1v) is 6.05. The first kappa shape index (κ1) is 15.2. The van der Waals surface area contributed by atoms with E-state index in [1.165, 1.54) is 10.9 Å². The van der Waals surface area contributed by atoms with Crippen LogP contribution in [0.2, 0.25) is 0 Å². The van der Waals surface area contributed by atoms with Gasteiger partial charge in [0.2, 0.25) is 0 Å². The summed E-state index contributed by atoms with van der Waals surface area (Å²) >= 11 is 3.16. The largest absolute Gasteiger partial charge is 0.401 e. The van der Waals surface area contributed by atoms with Crippen LogP contribution in [0.1, 0.15) is 30.4 Å². The molecule has 1 aromatic heterocycles. The molecule has 0 spiro atoms. The van der Waals surface area contributed by atoms with Gasteiger partial charge in [-0.2, -0.15) is 18.3 Å². The highest BCUT2D eigenvalue weighted by Gasteiger charge is 2.27. The topological polar surface area (TPSA) is 46.9 Å². The van der Waals surface area contributed by atoms with Gasteiger partial charge < -0.3 is 5.32 Å². The molecule has 0 saturated carbocycles. The van der Waals surface area contributed by atoms with Gasteiger partial charge in [-0.05, 0) is 29.8 Å². The van der Waals surface area contributed by atoms with E-state index in [9.17, 15) is 18.0 Å². The van der Waals surface area contributed by atoms with Gasteiger partial charge in [0.15, 0.2) is 5.78 Å². The number of hydrogen-bond acceptors (Lipinski definition) is 3. The summed E-state index contributed by atoms with van der Waals surface area (Å²) in [5, 5.41) is 6.06. The van der Waals surface area contributed by atoms with Gasteiger partial charge >= 0.3 is 6.18 Å². The maximum absolute atomic E-state index is 11.9. The third-order valence-electron chi connectivity index (χ3n) is 2.12. The molecule has 102 valence electrons. The van der Waals surface area contributed by atoms with Gasteiger partial charge in [-0.3, -0.25) is 9.48 Å². The summed E-state index contributed by atoms with van der Waals surface area (Å²) in [6.07, 6.45) is -2.87. The molecule has 8 heteroatoms. The molecule has 0 fully saturated rings. The van der Waals surface area contributed by atoms with Crippen LogP contribution in [0.5, 0.6) is 0 Å². The van der Waals surface area contributed by atoms with Gasteiger partial charge in [0.25, 0.3) is 0 Å². The Balaban J connectivity index is 2.70. The normalized spacial score (nSPS) is 12.2. The highest BCUT2D eigenvalue weighted by atomic mass is 79.9. The lowest BCUT2D eigenvalue weighted by Crippen LogP contribution is -2.33. The minimum Gasteiger partial charge on any atom is -0.301 e. The van der Waals surface area contributed by atoms with Crippen molar-refractivity contribution in [1.29, 1.82) is 0 Å². The molecule has 0 aliphatic carbocycles. The number of carbonyl (C=O) groups is 1. The Bertz CT molecular complexity index is 428. The number of rotatable bonds is 5. The second-order valence-electron chi connectivity index (χ2n) is 4.02. The standard InChI is InChI=1S/C10H13BrF3N3O/c1-6(2)17-9(7(11)3-16-17)8(18)4-15-5-10(12,13)14/h3,6,15H,4-5H2,1-2H3. The predicted molar refractivity (Wildman–Crippen MR) is 63.6 cm³/mol. The molecule has 1 N–H and O–H groups in total. The molecule has 0 atom stereocenters. The third-order valence-corrected chi connectivity index (χ3v) is 2.70. The number of nitrogens with zero attached hydrogens (tertiary/aromatic N) is 2. The van der Waals surface area contributed by atoms with Gasteiger partial charge in [0.1, 0.15) is 5.69 Å². The fourth-order valence-electron chi connectivity index (χ4n) is 1.40. The molecule has 0 aliphatic heterocycles. The number of nitrogens with one attached hydrogen (secondary N) is 1. The maximum atomic E-state index is 11.9. The van der Waals surface area contributed by atoms with Crippen LogP contribution in [0, 0.1) is 0 Å². The Morgan fingerprint density at radius 2 is 2.17 bits per heavy atom. The maximum Gasteiger partial charge on any atom is 0.401 e. The molecular weight excluding hydrogens is 315 g/mol. The van der Waals surface area contributed by atoms with Crippen LogP contribution in [-0.2, 0) is 0 Å². The summed E-state index contributed by atoms with van der Waals surface area (Å²) in [6, 6.07) is -0.0436. The molecule has 4 nitrogen and oxygen atoms in total. The number of Topliss-reactive ketones (excluding diaryl/α,β-unsaturated/α-hetero) is 1. The highest BCUT2D eigenvalue weighted by Crippen LogP contribution is 2.20. The van der Waals surface area contributed by atoms with E-state index in [0.29, 0.717) is 4.47 Å². The minimum atomic E-state index is -4.32. The van der Waals surface area contributed by atoms with Gasteiger partial charge in [0, 0.05) is 6.04 Å². The molecule has 0 amide bonds. The summed E-state index contributed by atoms with van der Waals surface area (Å²) in [5.41, 5.74) is 0.277. The lowest BCUT2D eigenvalue weighted by atomic mass is 10.2. The first-order chi connectivity index (χ1) is 8.22. The van der Waals surface area contributed by atoms with Crippen molar-refractivity contribution >= 4 is 21.7 Å². The van der Waals surface area contributed by atoms with Crippen LogP contribution in [0.4, 0.5) is 13.2 Å². The van der Waals surface area contributed by atoms with Crippen molar-refractivity contribution in [3.63, 3.8) is 0 Å². The van der Waals surface area contributed by atoms with Crippen molar-refractivity contribution in [2.75, 3.05) is 13.1 Å². The Morgan fingerprint density at radius 1 is 1.56 bits per heavy atom. The van der Waals surface area contributed by atoms with E-state index >= 15 is 0 Å². The number of ketones is 1. The van der Waals surface area contributed by atoms with E-state index in [2.05, 4.69) is 26.3 Å². The highest BCUT2D eigenvalue weighted by molar-refractivity contribution is 9.10. The Labute approximate surface area is 111 Å². The minimum absolute atomic E-state index is 0.0436. The first-order valence-electron chi connectivity index (χ1n) is 5.26. The van der Waals surface area contributed by atoms with Gasteiger partial charge in [-0.25, -0.2) is 0 Å². The summed E-state index contributed by atoms with van der Waals surface area (Å²) in [4.78, 5) is 11.8. The van der Waals surface area contributed by atoms with E-state index in [-0.39, 0.29) is 18.3 Å². The van der Waals surface area contributed by atoms with Crippen molar-refractivity contribution < 1.29 is 18.0 Å². The quantitative estimate of drug-likeness (QED) is 0.845. The molecule has 0 bridgehead atoms. The average Bonchev–Trinajstić information content (AvgIpc) is 2.58. The summed E-state index contributed by atoms with van der Waals surface area (Å²) < 4.78 is 37.8. The van der Waals surface area contributed by atoms with Gasteiger partial charge in [-0.1, -0.05) is 0 Å². The average molecular weight is 328 g/mol. The van der Waals surface area contributed by atoms with E-state index in [1.54, 1.807) is 0 Å². The van der Waals surface area contributed by atoms with Crippen LogP contribution in [0.25, 0.3) is 0 Å². The number of alkyl halides is 3. The third kappa shape index (κ3) is 4.09. The van der Waals surface area contributed by atoms with E-state index in [0.717, 1.165) is 0 Å². The van der Waals surface area contributed by atoms with Gasteiger partial charge in [-0.15, -0.1) is 0 Å². The van der Waals surface area contributed by atoms with Crippen LogP contribution in [0.15, 0.2) is 10.7 Å². The molecule has 0 aromatic carbocycles. The predicted octanol–water partition coefficient (Wildman–Crippen LogP) is 2.56. The van der Waals surface area contributed by atoms with Crippen molar-refractivity contribution in [3.05, 3.63) is 16.4 Å². The molecule has 1 rings (SSSR count). The van der Waals surface area contributed by atoms with Crippen molar-refractivity contribution in [2.45, 2.75) is 26.1 Å². The number of aromatic nitrogens is 2.